The number of benzene rings is 4. The van der Waals surface area contributed by atoms with Crippen molar-refractivity contribution >= 4 is 0 Å². The molecule has 0 saturated heterocycles. The van der Waals surface area contributed by atoms with Crippen LogP contribution in [-0.2, 0) is 0 Å². The Kier molecular flexibility index (Phi) is 8.68. The summed E-state index contributed by atoms with van der Waals surface area (Å²) in [4.78, 5) is 0. The lowest BCUT2D eigenvalue weighted by Crippen LogP contribution is -2.40. The number of hydrogen-bond donors (Lipinski definition) is 0. The van der Waals surface area contributed by atoms with Gasteiger partial charge in [-0.05, 0) is 129 Å². The molecule has 4 aromatic rings. The minimum atomic E-state index is 0.306. The predicted octanol–water partition coefficient (Wildman–Crippen LogP) is 12.0. The Morgan fingerprint density at radius 3 is 1.19 bits per heavy atom. The van der Waals surface area contributed by atoms with Gasteiger partial charge in [0.1, 0.15) is 0 Å². The van der Waals surface area contributed by atoms with E-state index in [1.54, 1.807) is 11.1 Å². The van der Waals surface area contributed by atoms with Gasteiger partial charge in [0.25, 0.3) is 0 Å². The monoisotopic (exact) mass is 568 g/mol. The summed E-state index contributed by atoms with van der Waals surface area (Å²) in [5.41, 5.74) is 12.0. The van der Waals surface area contributed by atoms with Crippen LogP contribution < -0.4 is 0 Å². The third-order valence-electron chi connectivity index (χ3n) is 11.8. The first-order valence-corrected chi connectivity index (χ1v) is 17.0. The van der Waals surface area contributed by atoms with Gasteiger partial charge in [0, 0.05) is 0 Å². The molecule has 0 spiro atoms. The standard InChI is InChI=1S/C43H52/c1-29-13-17-33(18-14-29)39-23-21-37(27-41(39)35-11-7-9-31(3)25-35)43(5,6)38-22-24-40(34-19-15-30(2)16-20-34)42(28-38)36-12-8-10-32(4)26-36/h7-20,25-26,37-42H,21-24,27-28H2,1-6H3. The van der Waals surface area contributed by atoms with Crippen molar-refractivity contribution in [2.75, 3.05) is 0 Å². The molecular formula is C43H52. The van der Waals surface area contributed by atoms with E-state index in [1.807, 2.05) is 0 Å². The largest absolute Gasteiger partial charge is 0.0617 e. The molecule has 4 aromatic carbocycles. The van der Waals surface area contributed by atoms with Gasteiger partial charge in [-0.3, -0.25) is 0 Å². The van der Waals surface area contributed by atoms with E-state index in [2.05, 4.69) is 139 Å². The molecule has 0 aliphatic heterocycles. The van der Waals surface area contributed by atoms with E-state index in [0.29, 0.717) is 29.1 Å². The molecule has 6 unspecified atom stereocenters. The molecule has 0 amide bonds. The minimum Gasteiger partial charge on any atom is -0.0617 e. The van der Waals surface area contributed by atoms with Crippen molar-refractivity contribution in [3.05, 3.63) is 142 Å². The summed E-state index contributed by atoms with van der Waals surface area (Å²) in [7, 11) is 0. The topological polar surface area (TPSA) is 0 Å². The molecule has 0 heteroatoms. The van der Waals surface area contributed by atoms with Crippen LogP contribution in [0.4, 0.5) is 0 Å². The molecular weight excluding hydrogens is 516 g/mol. The minimum absolute atomic E-state index is 0.306. The van der Waals surface area contributed by atoms with E-state index in [1.165, 1.54) is 71.9 Å². The van der Waals surface area contributed by atoms with Crippen LogP contribution in [0, 0.1) is 44.9 Å². The zero-order chi connectivity index (χ0) is 30.1. The molecule has 6 rings (SSSR count). The van der Waals surface area contributed by atoms with Crippen molar-refractivity contribution in [2.45, 2.75) is 104 Å². The first-order chi connectivity index (χ1) is 20.7. The fourth-order valence-electron chi connectivity index (χ4n) is 8.99. The summed E-state index contributed by atoms with van der Waals surface area (Å²) < 4.78 is 0. The van der Waals surface area contributed by atoms with Gasteiger partial charge in [0.15, 0.2) is 0 Å². The average molecular weight is 569 g/mol. The molecule has 6 atom stereocenters. The molecule has 224 valence electrons. The van der Waals surface area contributed by atoms with Gasteiger partial charge in [-0.2, -0.15) is 0 Å². The highest BCUT2D eigenvalue weighted by atomic mass is 14.5. The van der Waals surface area contributed by atoms with Gasteiger partial charge in [-0.25, -0.2) is 0 Å². The molecule has 0 heterocycles. The maximum absolute atomic E-state index is 2.64. The van der Waals surface area contributed by atoms with E-state index in [9.17, 15) is 0 Å². The third-order valence-corrected chi connectivity index (χ3v) is 11.8. The zero-order valence-corrected chi connectivity index (χ0v) is 27.4. The second-order valence-electron chi connectivity index (χ2n) is 14.9. The normalized spacial score (nSPS) is 26.3. The Morgan fingerprint density at radius 2 is 0.814 bits per heavy atom. The van der Waals surface area contributed by atoms with E-state index in [0.717, 1.165) is 11.8 Å². The maximum atomic E-state index is 2.64. The summed E-state index contributed by atoms with van der Waals surface area (Å²) in [5.74, 6) is 3.84. The third kappa shape index (κ3) is 6.40. The first kappa shape index (κ1) is 29.9. The van der Waals surface area contributed by atoms with E-state index < -0.39 is 0 Å². The van der Waals surface area contributed by atoms with Gasteiger partial charge in [0.05, 0.1) is 0 Å². The summed E-state index contributed by atoms with van der Waals surface area (Å²) in [6, 6.07) is 37.8. The molecule has 2 fully saturated rings. The summed E-state index contributed by atoms with van der Waals surface area (Å²) in [6.45, 7) is 14.2. The second kappa shape index (κ2) is 12.5. The lowest BCUT2D eigenvalue weighted by molar-refractivity contribution is 0.0392. The molecule has 0 N–H and O–H groups in total. The summed E-state index contributed by atoms with van der Waals surface area (Å²) >= 11 is 0. The molecule has 2 aliphatic rings. The number of hydrogen-bond acceptors (Lipinski definition) is 0. The highest BCUT2D eigenvalue weighted by molar-refractivity contribution is 5.35. The van der Waals surface area contributed by atoms with Crippen molar-refractivity contribution in [1.82, 2.24) is 0 Å². The van der Waals surface area contributed by atoms with Gasteiger partial charge >= 0.3 is 0 Å². The SMILES string of the molecule is Cc1ccc(C2CCC(C(C)(C)C3CCC(c4ccc(C)cc4)C(c4cccc(C)c4)C3)CC2c2cccc(C)c2)cc1. The van der Waals surface area contributed by atoms with Crippen molar-refractivity contribution < 1.29 is 0 Å². The highest BCUT2D eigenvalue weighted by Crippen LogP contribution is 2.58. The van der Waals surface area contributed by atoms with Crippen LogP contribution in [0.15, 0.2) is 97.1 Å². The van der Waals surface area contributed by atoms with Crippen LogP contribution in [-0.4, -0.2) is 0 Å². The van der Waals surface area contributed by atoms with Crippen LogP contribution in [0.2, 0.25) is 0 Å². The van der Waals surface area contributed by atoms with Crippen LogP contribution in [0.1, 0.15) is 121 Å². The molecule has 2 aliphatic carbocycles. The fraction of sp³-hybridized carbons (Fsp3) is 0.442. The smallest absolute Gasteiger partial charge is 0.00902 e. The van der Waals surface area contributed by atoms with Crippen molar-refractivity contribution in [3.8, 4) is 0 Å². The highest BCUT2D eigenvalue weighted by Gasteiger charge is 2.46. The Labute approximate surface area is 262 Å². The maximum Gasteiger partial charge on any atom is -0.00902 e. The van der Waals surface area contributed by atoms with Gasteiger partial charge in [0.2, 0.25) is 0 Å². The predicted molar refractivity (Wildman–Crippen MR) is 184 cm³/mol. The van der Waals surface area contributed by atoms with Crippen LogP contribution in [0.5, 0.6) is 0 Å². The fourth-order valence-corrected chi connectivity index (χ4v) is 8.99. The number of rotatable bonds is 6. The lowest BCUT2D eigenvalue weighted by Gasteiger charge is -2.50. The second-order valence-corrected chi connectivity index (χ2v) is 14.9. The molecule has 0 bridgehead atoms. The quantitative estimate of drug-likeness (QED) is 0.217. The molecule has 0 radical (unpaired) electrons. The van der Waals surface area contributed by atoms with E-state index in [4.69, 9.17) is 0 Å². The Balaban J connectivity index is 1.29. The van der Waals surface area contributed by atoms with Crippen LogP contribution in [0.3, 0.4) is 0 Å². The molecule has 0 nitrogen and oxygen atoms in total. The van der Waals surface area contributed by atoms with Gasteiger partial charge in [-0.1, -0.05) is 133 Å². The average Bonchev–Trinajstić information content (AvgIpc) is 3.01. The van der Waals surface area contributed by atoms with Crippen molar-refractivity contribution in [2.24, 2.45) is 17.3 Å². The molecule has 0 aromatic heterocycles. The molecule has 43 heavy (non-hydrogen) atoms. The first-order valence-electron chi connectivity index (χ1n) is 17.0. The summed E-state index contributed by atoms with van der Waals surface area (Å²) in [5, 5.41) is 0. The van der Waals surface area contributed by atoms with Gasteiger partial charge < -0.3 is 0 Å². The Morgan fingerprint density at radius 1 is 0.419 bits per heavy atom. The lowest BCUT2D eigenvalue weighted by atomic mass is 9.54. The van der Waals surface area contributed by atoms with Gasteiger partial charge in [-0.15, -0.1) is 0 Å². The summed E-state index contributed by atoms with van der Waals surface area (Å²) in [6.07, 6.45) is 7.83. The van der Waals surface area contributed by atoms with Crippen LogP contribution >= 0.6 is 0 Å². The number of aryl methyl sites for hydroxylation is 4. The Bertz CT molecular complexity index is 1390. The zero-order valence-electron chi connectivity index (χ0n) is 27.4. The van der Waals surface area contributed by atoms with Crippen molar-refractivity contribution in [3.63, 3.8) is 0 Å². The van der Waals surface area contributed by atoms with E-state index >= 15 is 0 Å². The van der Waals surface area contributed by atoms with Crippen LogP contribution in [0.25, 0.3) is 0 Å². The Hall–Kier alpha value is -3.12. The van der Waals surface area contributed by atoms with E-state index in [-0.39, 0.29) is 0 Å². The molecule has 2 saturated carbocycles. The van der Waals surface area contributed by atoms with Crippen molar-refractivity contribution in [1.29, 1.82) is 0 Å².